The highest BCUT2D eigenvalue weighted by Crippen LogP contribution is 2.41. The summed E-state index contributed by atoms with van der Waals surface area (Å²) in [6, 6.07) is 10.2. The maximum absolute atomic E-state index is 13.9. The third kappa shape index (κ3) is 3.93. The van der Waals surface area contributed by atoms with Crippen molar-refractivity contribution in [2.45, 2.75) is 25.4 Å². The number of nitrogens with one attached hydrogen (secondary N) is 1. The van der Waals surface area contributed by atoms with Crippen molar-refractivity contribution in [1.82, 2.24) is 24.5 Å². The van der Waals surface area contributed by atoms with Crippen LogP contribution >= 0.6 is 0 Å². The lowest BCUT2D eigenvalue weighted by molar-refractivity contribution is -0.0498. The molecule has 0 spiro atoms. The van der Waals surface area contributed by atoms with E-state index in [0.717, 1.165) is 18.7 Å². The van der Waals surface area contributed by atoms with Crippen molar-refractivity contribution < 1.29 is 17.9 Å². The van der Waals surface area contributed by atoms with Gasteiger partial charge in [-0.3, -0.25) is 4.57 Å². The van der Waals surface area contributed by atoms with Gasteiger partial charge in [-0.15, -0.1) is 0 Å². The third-order valence-electron chi connectivity index (χ3n) is 4.76. The van der Waals surface area contributed by atoms with Gasteiger partial charge in [-0.2, -0.15) is 23.7 Å². The Labute approximate surface area is 173 Å². The van der Waals surface area contributed by atoms with E-state index in [1.165, 1.54) is 36.4 Å². The number of halogens is 3. The minimum atomic E-state index is -2.90. The van der Waals surface area contributed by atoms with Crippen molar-refractivity contribution in [1.29, 1.82) is 0 Å². The van der Waals surface area contributed by atoms with Crippen molar-refractivity contribution in [3.63, 3.8) is 0 Å². The molecular formula is C20H16F3N7O. The molecule has 3 N–H and O–H groups in total. The van der Waals surface area contributed by atoms with Gasteiger partial charge >= 0.3 is 6.61 Å². The second kappa shape index (κ2) is 7.42. The largest absolute Gasteiger partial charge is 0.435 e. The Balaban J connectivity index is 1.52. The highest BCUT2D eigenvalue weighted by molar-refractivity contribution is 5.78. The predicted octanol–water partition coefficient (Wildman–Crippen LogP) is 4.15. The number of imidazole rings is 1. The maximum Gasteiger partial charge on any atom is 0.387 e. The summed E-state index contributed by atoms with van der Waals surface area (Å²) in [6.45, 7) is -2.90. The minimum absolute atomic E-state index is 0.0254. The van der Waals surface area contributed by atoms with Crippen LogP contribution in [0.3, 0.4) is 0 Å². The molecule has 0 bridgehead atoms. The molecule has 1 aliphatic carbocycles. The summed E-state index contributed by atoms with van der Waals surface area (Å²) in [5.41, 5.74) is 7.60. The van der Waals surface area contributed by atoms with Crippen molar-refractivity contribution in [3.05, 3.63) is 54.1 Å². The number of rotatable bonds is 6. The summed E-state index contributed by atoms with van der Waals surface area (Å²) < 4.78 is 44.6. The van der Waals surface area contributed by atoms with Gasteiger partial charge in [-0.05, 0) is 49.2 Å². The Morgan fingerprint density at radius 1 is 1.03 bits per heavy atom. The molecule has 0 atom stereocenters. The van der Waals surface area contributed by atoms with Crippen LogP contribution in [0.4, 0.5) is 30.8 Å². The average molecular weight is 427 g/mol. The van der Waals surface area contributed by atoms with Gasteiger partial charge < -0.3 is 15.8 Å². The number of hydrogen-bond acceptors (Lipinski definition) is 7. The molecule has 0 aliphatic heterocycles. The fourth-order valence-electron chi connectivity index (χ4n) is 3.28. The van der Waals surface area contributed by atoms with Gasteiger partial charge in [-0.1, -0.05) is 0 Å². The number of hydrogen-bond donors (Lipinski definition) is 2. The van der Waals surface area contributed by atoms with Crippen LogP contribution in [0, 0.1) is 5.82 Å². The van der Waals surface area contributed by atoms with E-state index in [1.807, 2.05) is 0 Å². The average Bonchev–Trinajstić information content (AvgIpc) is 3.49. The fraction of sp³-hybridized carbons (Fsp3) is 0.200. The normalized spacial score (nSPS) is 13.7. The number of alkyl halides is 2. The zero-order valence-corrected chi connectivity index (χ0v) is 16.0. The SMILES string of the molecule is Nc1nc(Nc2ccc(OC(F)F)cc2)nc(-n2c(C3CC3)nc3ccc(F)cc32)n1. The number of aromatic nitrogens is 5. The Morgan fingerprint density at radius 3 is 2.52 bits per heavy atom. The molecule has 2 heterocycles. The lowest BCUT2D eigenvalue weighted by Crippen LogP contribution is -2.11. The summed E-state index contributed by atoms with van der Waals surface area (Å²) in [4.78, 5) is 17.4. The van der Waals surface area contributed by atoms with Gasteiger partial charge in [0.1, 0.15) is 17.4 Å². The number of nitrogens with two attached hydrogens (primary N) is 1. The van der Waals surface area contributed by atoms with E-state index in [2.05, 4.69) is 30.0 Å². The van der Waals surface area contributed by atoms with Crippen LogP contribution in [0.25, 0.3) is 17.0 Å². The van der Waals surface area contributed by atoms with Crippen LogP contribution in [0.2, 0.25) is 0 Å². The van der Waals surface area contributed by atoms with Crippen LogP contribution in [0.15, 0.2) is 42.5 Å². The second-order valence-corrected chi connectivity index (χ2v) is 7.06. The summed E-state index contributed by atoms with van der Waals surface area (Å²) in [5.74, 6) is 0.926. The van der Waals surface area contributed by atoms with Crippen LogP contribution < -0.4 is 15.8 Å². The number of nitrogens with zero attached hydrogens (tertiary/aromatic N) is 5. The molecule has 1 fully saturated rings. The van der Waals surface area contributed by atoms with Crippen LogP contribution in [0.5, 0.6) is 5.75 Å². The van der Waals surface area contributed by atoms with E-state index in [-0.39, 0.29) is 29.5 Å². The molecule has 2 aromatic carbocycles. The summed E-state index contributed by atoms with van der Waals surface area (Å²) in [6.07, 6.45) is 1.95. The molecule has 5 rings (SSSR count). The molecular weight excluding hydrogens is 411 g/mol. The number of fused-ring (bicyclic) bond motifs is 1. The standard InChI is InChI=1S/C20H16F3N7O/c21-11-3-8-14-15(9-11)30(16(26-14)10-1-2-10)20-28-18(24)27-19(29-20)25-12-4-6-13(7-5-12)31-17(22)23/h3-10,17H,1-2H2,(H3,24,25,27,28,29). The molecule has 11 heteroatoms. The Kier molecular flexibility index (Phi) is 4.57. The quantitative estimate of drug-likeness (QED) is 0.476. The van der Waals surface area contributed by atoms with E-state index >= 15 is 0 Å². The third-order valence-corrected chi connectivity index (χ3v) is 4.76. The molecule has 2 aromatic heterocycles. The van der Waals surface area contributed by atoms with Crippen LogP contribution in [0.1, 0.15) is 24.6 Å². The first-order chi connectivity index (χ1) is 15.0. The highest BCUT2D eigenvalue weighted by atomic mass is 19.3. The van der Waals surface area contributed by atoms with Crippen molar-refractivity contribution in [3.8, 4) is 11.7 Å². The molecule has 0 amide bonds. The lowest BCUT2D eigenvalue weighted by atomic mass is 10.3. The predicted molar refractivity (Wildman–Crippen MR) is 107 cm³/mol. The molecule has 4 aromatic rings. The van der Waals surface area contributed by atoms with E-state index in [0.29, 0.717) is 16.7 Å². The fourth-order valence-corrected chi connectivity index (χ4v) is 3.28. The van der Waals surface area contributed by atoms with Crippen LogP contribution in [-0.2, 0) is 0 Å². The second-order valence-electron chi connectivity index (χ2n) is 7.06. The van der Waals surface area contributed by atoms with Crippen molar-refractivity contribution in [2.75, 3.05) is 11.1 Å². The van der Waals surface area contributed by atoms with Crippen LogP contribution in [-0.4, -0.2) is 31.1 Å². The molecule has 1 saturated carbocycles. The number of nitrogen functional groups attached to an aromatic ring is 1. The summed E-state index contributed by atoms with van der Waals surface area (Å²) in [7, 11) is 0. The molecule has 1 aliphatic rings. The summed E-state index contributed by atoms with van der Waals surface area (Å²) >= 11 is 0. The highest BCUT2D eigenvalue weighted by Gasteiger charge is 2.31. The lowest BCUT2D eigenvalue weighted by Gasteiger charge is -2.11. The van der Waals surface area contributed by atoms with E-state index in [9.17, 15) is 13.2 Å². The molecule has 158 valence electrons. The number of benzene rings is 2. The van der Waals surface area contributed by atoms with Gasteiger partial charge in [0.15, 0.2) is 0 Å². The molecule has 0 saturated heterocycles. The Morgan fingerprint density at radius 2 is 1.81 bits per heavy atom. The zero-order valence-electron chi connectivity index (χ0n) is 16.0. The molecule has 31 heavy (non-hydrogen) atoms. The minimum Gasteiger partial charge on any atom is -0.435 e. The van der Waals surface area contributed by atoms with Crippen molar-refractivity contribution in [2.24, 2.45) is 0 Å². The Hall–Kier alpha value is -3.89. The number of anilines is 3. The van der Waals surface area contributed by atoms with E-state index < -0.39 is 12.4 Å². The van der Waals surface area contributed by atoms with Gasteiger partial charge in [0.05, 0.1) is 11.0 Å². The van der Waals surface area contributed by atoms with Gasteiger partial charge in [0, 0.05) is 17.7 Å². The smallest absolute Gasteiger partial charge is 0.387 e. The number of ether oxygens (including phenoxy) is 1. The maximum atomic E-state index is 13.9. The molecule has 0 unspecified atom stereocenters. The monoisotopic (exact) mass is 427 g/mol. The summed E-state index contributed by atoms with van der Waals surface area (Å²) in [5, 5.41) is 2.96. The van der Waals surface area contributed by atoms with E-state index in [1.54, 1.807) is 10.6 Å². The first-order valence-corrected chi connectivity index (χ1v) is 9.48. The van der Waals surface area contributed by atoms with Gasteiger partial charge in [0.25, 0.3) is 0 Å². The first-order valence-electron chi connectivity index (χ1n) is 9.48. The Bertz CT molecular complexity index is 1260. The molecule has 8 nitrogen and oxygen atoms in total. The van der Waals surface area contributed by atoms with E-state index in [4.69, 9.17) is 5.73 Å². The zero-order chi connectivity index (χ0) is 21.5. The van der Waals surface area contributed by atoms with Gasteiger partial charge in [-0.25, -0.2) is 9.37 Å². The topological polar surface area (TPSA) is 104 Å². The first kappa shape index (κ1) is 19.1. The van der Waals surface area contributed by atoms with Gasteiger partial charge in [0.2, 0.25) is 17.8 Å². The molecule has 0 radical (unpaired) electrons. The van der Waals surface area contributed by atoms with Crippen molar-refractivity contribution >= 4 is 28.6 Å².